The molecule has 1 aliphatic heterocycles. The van der Waals surface area contributed by atoms with Crippen LogP contribution < -0.4 is 0 Å². The van der Waals surface area contributed by atoms with Gasteiger partial charge in [-0.05, 0) is 73.7 Å². The molecule has 202 valence electrons. The average Bonchev–Trinajstić information content (AvgIpc) is 3.42. The van der Waals surface area contributed by atoms with E-state index >= 15 is 0 Å². The highest BCUT2D eigenvalue weighted by Crippen LogP contribution is 2.36. The van der Waals surface area contributed by atoms with Crippen LogP contribution in [0, 0.1) is 11.3 Å². The minimum absolute atomic E-state index is 0.236. The highest BCUT2D eigenvalue weighted by atomic mass is 16.5. The molecule has 4 aromatic rings. The molecular formula is C31H34N4O4. The first-order valence-corrected chi connectivity index (χ1v) is 13.4. The van der Waals surface area contributed by atoms with E-state index in [1.54, 1.807) is 12.3 Å². The van der Waals surface area contributed by atoms with E-state index in [4.69, 9.17) is 4.52 Å². The molecular weight excluding hydrogens is 492 g/mol. The largest absolute Gasteiger partial charge is 0.508 e. The van der Waals surface area contributed by atoms with E-state index in [1.807, 2.05) is 54.6 Å². The zero-order chi connectivity index (χ0) is 27.4. The van der Waals surface area contributed by atoms with E-state index in [-0.39, 0.29) is 5.75 Å². The van der Waals surface area contributed by atoms with Gasteiger partial charge < -0.3 is 14.7 Å². The Labute approximate surface area is 228 Å². The number of carboxylic acids is 1. The lowest BCUT2D eigenvalue weighted by Crippen LogP contribution is -2.45. The highest BCUT2D eigenvalue weighted by Gasteiger charge is 2.41. The van der Waals surface area contributed by atoms with Gasteiger partial charge in [-0.2, -0.15) is 4.98 Å². The molecule has 39 heavy (non-hydrogen) atoms. The average molecular weight is 527 g/mol. The molecule has 0 unspecified atom stereocenters. The van der Waals surface area contributed by atoms with Crippen LogP contribution in [0.3, 0.4) is 0 Å². The van der Waals surface area contributed by atoms with E-state index in [2.05, 4.69) is 33.9 Å². The lowest BCUT2D eigenvalue weighted by atomic mass is 9.74. The number of hydrogen-bond acceptors (Lipinski definition) is 7. The van der Waals surface area contributed by atoms with Gasteiger partial charge >= 0.3 is 5.97 Å². The molecule has 0 radical (unpaired) electrons. The van der Waals surface area contributed by atoms with Gasteiger partial charge in [0.15, 0.2) is 0 Å². The number of nitrogens with zero attached hydrogens (tertiary/aromatic N) is 4. The maximum Gasteiger partial charge on any atom is 0.310 e. The maximum atomic E-state index is 12.2. The van der Waals surface area contributed by atoms with Crippen LogP contribution in [-0.4, -0.2) is 49.3 Å². The topological polar surface area (TPSA) is 113 Å². The molecule has 2 aromatic carbocycles. The summed E-state index contributed by atoms with van der Waals surface area (Å²) in [5.74, 6) is 0.797. The van der Waals surface area contributed by atoms with Crippen molar-refractivity contribution in [2.45, 2.75) is 46.1 Å². The molecule has 0 bridgehead atoms. The minimum atomic E-state index is -0.767. The van der Waals surface area contributed by atoms with Crippen LogP contribution in [0.4, 0.5) is 0 Å². The third-order valence-electron chi connectivity index (χ3n) is 7.52. The van der Waals surface area contributed by atoms with Gasteiger partial charge in [0, 0.05) is 36.0 Å². The summed E-state index contributed by atoms with van der Waals surface area (Å²) in [4.78, 5) is 23.4. The Morgan fingerprint density at radius 3 is 2.44 bits per heavy atom. The lowest BCUT2D eigenvalue weighted by molar-refractivity contribution is -0.152. The van der Waals surface area contributed by atoms with Crippen molar-refractivity contribution in [3.63, 3.8) is 0 Å². The molecule has 1 aliphatic rings. The van der Waals surface area contributed by atoms with Gasteiger partial charge in [-0.3, -0.25) is 14.7 Å². The second-order valence-electron chi connectivity index (χ2n) is 10.9. The number of rotatable bonds is 9. The smallest absolute Gasteiger partial charge is 0.310 e. The van der Waals surface area contributed by atoms with E-state index in [0.717, 1.165) is 48.4 Å². The van der Waals surface area contributed by atoms with Gasteiger partial charge in [-0.1, -0.05) is 55.4 Å². The first kappa shape index (κ1) is 26.6. The molecule has 8 nitrogen and oxygen atoms in total. The molecule has 0 amide bonds. The molecule has 2 N–H and O–H groups in total. The van der Waals surface area contributed by atoms with Crippen molar-refractivity contribution >= 4 is 5.97 Å². The fourth-order valence-electron chi connectivity index (χ4n) is 5.24. The standard InChI is InChI=1S/C31H34N4O4/c1-21(2)17-24-10-11-25(18-27(24)36)29-33-28(34-39-29)23-8-6-22(7-9-23)20-35-15-12-31(13-16-35,30(37)38)19-26-5-3-4-14-32-26/h3-11,14,18,21,36H,12-13,15-17,19-20H2,1-2H3,(H,37,38). The zero-order valence-electron chi connectivity index (χ0n) is 22.4. The summed E-state index contributed by atoms with van der Waals surface area (Å²) in [6, 6.07) is 19.2. The second kappa shape index (κ2) is 11.4. The van der Waals surface area contributed by atoms with Gasteiger partial charge in [0.05, 0.1) is 5.41 Å². The highest BCUT2D eigenvalue weighted by molar-refractivity contribution is 5.75. The number of piperidine rings is 1. The van der Waals surface area contributed by atoms with Crippen LogP contribution in [0.1, 0.15) is 43.5 Å². The van der Waals surface area contributed by atoms with Crippen molar-refractivity contribution in [1.82, 2.24) is 20.0 Å². The van der Waals surface area contributed by atoms with Crippen molar-refractivity contribution in [3.05, 3.63) is 83.7 Å². The number of hydrogen-bond donors (Lipinski definition) is 2. The Hall–Kier alpha value is -4.04. The van der Waals surface area contributed by atoms with Crippen molar-refractivity contribution in [2.75, 3.05) is 13.1 Å². The quantitative estimate of drug-likeness (QED) is 0.289. The molecule has 2 aromatic heterocycles. The fourth-order valence-corrected chi connectivity index (χ4v) is 5.24. The van der Waals surface area contributed by atoms with Gasteiger partial charge in [0.1, 0.15) is 5.75 Å². The first-order valence-electron chi connectivity index (χ1n) is 13.4. The van der Waals surface area contributed by atoms with Crippen molar-refractivity contribution in [3.8, 4) is 28.6 Å². The summed E-state index contributed by atoms with van der Waals surface area (Å²) in [7, 11) is 0. The molecule has 3 heterocycles. The third-order valence-corrected chi connectivity index (χ3v) is 7.52. The number of pyridine rings is 1. The number of aromatic nitrogens is 3. The van der Waals surface area contributed by atoms with Gasteiger partial charge in [0.2, 0.25) is 5.82 Å². The predicted octanol–water partition coefficient (Wildman–Crippen LogP) is 5.61. The van der Waals surface area contributed by atoms with Crippen molar-refractivity contribution in [2.24, 2.45) is 11.3 Å². The van der Waals surface area contributed by atoms with Crippen LogP contribution in [0.25, 0.3) is 22.8 Å². The summed E-state index contributed by atoms with van der Waals surface area (Å²) < 4.78 is 5.48. The summed E-state index contributed by atoms with van der Waals surface area (Å²) in [5.41, 5.74) is 3.62. The van der Waals surface area contributed by atoms with E-state index in [9.17, 15) is 15.0 Å². The number of aromatic hydroxyl groups is 1. The van der Waals surface area contributed by atoms with Gasteiger partial charge in [0.25, 0.3) is 5.89 Å². The lowest BCUT2D eigenvalue weighted by Gasteiger charge is -2.38. The van der Waals surface area contributed by atoms with Crippen LogP contribution in [-0.2, 0) is 24.2 Å². The van der Waals surface area contributed by atoms with Gasteiger partial charge in [-0.25, -0.2) is 0 Å². The van der Waals surface area contributed by atoms with E-state index in [0.29, 0.717) is 42.5 Å². The molecule has 0 spiro atoms. The number of likely N-dealkylation sites (tertiary alicyclic amines) is 1. The number of phenolic OH excluding ortho intramolecular Hbond substituents is 1. The molecule has 8 heteroatoms. The third kappa shape index (κ3) is 6.17. The normalized spacial score (nSPS) is 15.5. The minimum Gasteiger partial charge on any atom is -0.508 e. The van der Waals surface area contributed by atoms with Gasteiger partial charge in [-0.15, -0.1) is 0 Å². The summed E-state index contributed by atoms with van der Waals surface area (Å²) >= 11 is 0. The molecule has 1 fully saturated rings. The Bertz CT molecular complexity index is 1410. The van der Waals surface area contributed by atoms with Crippen LogP contribution in [0.15, 0.2) is 71.4 Å². The van der Waals surface area contributed by atoms with Crippen molar-refractivity contribution < 1.29 is 19.5 Å². The molecule has 0 saturated carbocycles. The Balaban J connectivity index is 1.20. The van der Waals surface area contributed by atoms with E-state index < -0.39 is 11.4 Å². The first-order chi connectivity index (χ1) is 18.8. The maximum absolute atomic E-state index is 12.2. The Morgan fingerprint density at radius 1 is 1.05 bits per heavy atom. The molecule has 0 atom stereocenters. The monoisotopic (exact) mass is 526 g/mol. The van der Waals surface area contributed by atoms with Crippen LogP contribution in [0.2, 0.25) is 0 Å². The number of benzene rings is 2. The van der Waals surface area contributed by atoms with E-state index in [1.165, 1.54) is 0 Å². The number of phenols is 1. The predicted molar refractivity (Wildman–Crippen MR) is 148 cm³/mol. The second-order valence-corrected chi connectivity index (χ2v) is 10.9. The van der Waals surface area contributed by atoms with Crippen molar-refractivity contribution in [1.29, 1.82) is 0 Å². The molecule has 0 aliphatic carbocycles. The molecule has 5 rings (SSSR count). The summed E-state index contributed by atoms with van der Waals surface area (Å²) in [6.07, 6.45) is 4.17. The number of carboxylic acid groups (broad SMARTS) is 1. The fraction of sp³-hybridized carbons (Fsp3) is 0.355. The Kier molecular flexibility index (Phi) is 7.74. The number of carbonyl (C=O) groups is 1. The summed E-state index contributed by atoms with van der Waals surface area (Å²) in [5, 5.41) is 24.5. The van der Waals surface area contributed by atoms with Crippen LogP contribution in [0.5, 0.6) is 5.75 Å². The zero-order valence-corrected chi connectivity index (χ0v) is 22.4. The number of aliphatic carboxylic acids is 1. The van der Waals surface area contributed by atoms with Crippen LogP contribution >= 0.6 is 0 Å². The Morgan fingerprint density at radius 2 is 1.79 bits per heavy atom. The summed E-state index contributed by atoms with van der Waals surface area (Å²) in [6.45, 7) is 6.42. The molecule has 1 saturated heterocycles. The SMILES string of the molecule is CC(C)Cc1ccc(-c2nc(-c3ccc(CN4CCC(Cc5ccccn5)(C(=O)O)CC4)cc3)no2)cc1O.